The lowest BCUT2D eigenvalue weighted by Gasteiger charge is -2.24. The second-order valence-electron chi connectivity index (χ2n) is 7.56. The maximum Gasteiger partial charge on any atom is 0.291 e. The van der Waals surface area contributed by atoms with E-state index in [0.717, 1.165) is 18.4 Å². The van der Waals surface area contributed by atoms with Gasteiger partial charge in [-0.05, 0) is 42.3 Å². The van der Waals surface area contributed by atoms with E-state index in [-0.39, 0.29) is 12.2 Å². The van der Waals surface area contributed by atoms with Crippen molar-refractivity contribution >= 4 is 22.4 Å². The SMILES string of the molecule is CCCCOc1ccc(/C=c2\sc3nc(C4COc5ccccc5O4)nn3c2=O)cc1OC. The number of benzene rings is 2. The Morgan fingerprint density at radius 1 is 1.21 bits per heavy atom. The second-order valence-corrected chi connectivity index (χ2v) is 8.57. The van der Waals surface area contributed by atoms with Crippen molar-refractivity contribution in [2.24, 2.45) is 0 Å². The van der Waals surface area contributed by atoms with Crippen molar-refractivity contribution < 1.29 is 18.9 Å². The Kier molecular flexibility index (Phi) is 5.87. The predicted octanol–water partition coefficient (Wildman–Crippen LogP) is 3.40. The van der Waals surface area contributed by atoms with Crippen molar-refractivity contribution in [1.82, 2.24) is 14.6 Å². The molecule has 2 aromatic carbocycles. The minimum absolute atomic E-state index is 0.229. The first-order valence-electron chi connectivity index (χ1n) is 10.8. The molecule has 0 saturated heterocycles. The van der Waals surface area contributed by atoms with Gasteiger partial charge in [0.15, 0.2) is 34.9 Å². The van der Waals surface area contributed by atoms with Gasteiger partial charge in [-0.25, -0.2) is 0 Å². The molecule has 9 heteroatoms. The van der Waals surface area contributed by atoms with Crippen LogP contribution in [0.25, 0.3) is 11.0 Å². The van der Waals surface area contributed by atoms with Gasteiger partial charge in [-0.3, -0.25) is 4.79 Å². The Balaban J connectivity index is 1.41. The maximum atomic E-state index is 12.9. The van der Waals surface area contributed by atoms with Crippen LogP contribution in [0.1, 0.15) is 37.3 Å². The number of para-hydroxylation sites is 2. The van der Waals surface area contributed by atoms with E-state index in [1.807, 2.05) is 42.5 Å². The fourth-order valence-electron chi connectivity index (χ4n) is 3.50. The molecule has 1 aliphatic rings. The van der Waals surface area contributed by atoms with Crippen LogP contribution in [0, 0.1) is 0 Å². The molecule has 1 atom stereocenters. The third-order valence-electron chi connectivity index (χ3n) is 5.24. The number of methoxy groups -OCH3 is 1. The number of nitrogens with zero attached hydrogens (tertiary/aromatic N) is 3. The van der Waals surface area contributed by atoms with E-state index in [4.69, 9.17) is 18.9 Å². The highest BCUT2D eigenvalue weighted by molar-refractivity contribution is 7.15. The van der Waals surface area contributed by atoms with Gasteiger partial charge in [0.05, 0.1) is 18.2 Å². The zero-order valence-corrected chi connectivity index (χ0v) is 19.1. The average Bonchev–Trinajstić information content (AvgIpc) is 3.39. The summed E-state index contributed by atoms with van der Waals surface area (Å²) in [5, 5.41) is 4.39. The minimum atomic E-state index is -0.469. The molecule has 0 aliphatic carbocycles. The van der Waals surface area contributed by atoms with E-state index in [9.17, 15) is 4.79 Å². The quantitative estimate of drug-likeness (QED) is 0.387. The Morgan fingerprint density at radius 2 is 2.06 bits per heavy atom. The molecule has 0 spiro atoms. The first-order valence-corrected chi connectivity index (χ1v) is 11.6. The zero-order valence-electron chi connectivity index (χ0n) is 18.3. The molecule has 0 amide bonds. The molecule has 0 bridgehead atoms. The molecule has 1 aliphatic heterocycles. The summed E-state index contributed by atoms with van der Waals surface area (Å²) in [7, 11) is 1.60. The Labute approximate surface area is 194 Å². The van der Waals surface area contributed by atoms with E-state index in [1.54, 1.807) is 13.2 Å². The van der Waals surface area contributed by atoms with Gasteiger partial charge in [0.1, 0.15) is 6.61 Å². The Bertz CT molecular complexity index is 1400. The fourth-order valence-corrected chi connectivity index (χ4v) is 4.42. The molecule has 0 N–H and O–H groups in total. The summed E-state index contributed by atoms with van der Waals surface area (Å²) in [5.41, 5.74) is 0.602. The second kappa shape index (κ2) is 9.11. The van der Waals surface area contributed by atoms with Crippen molar-refractivity contribution in [1.29, 1.82) is 0 Å². The highest BCUT2D eigenvalue weighted by Crippen LogP contribution is 2.35. The van der Waals surface area contributed by atoms with Crippen LogP contribution in [0.15, 0.2) is 47.3 Å². The number of thiazole rings is 1. The lowest BCUT2D eigenvalue weighted by Crippen LogP contribution is -2.26. The van der Waals surface area contributed by atoms with E-state index in [1.165, 1.54) is 15.9 Å². The molecular formula is C24H23N3O5S. The van der Waals surface area contributed by atoms with Crippen LogP contribution in [0.3, 0.4) is 0 Å². The molecular weight excluding hydrogens is 442 g/mol. The summed E-state index contributed by atoms with van der Waals surface area (Å²) >= 11 is 1.28. The normalized spacial score (nSPS) is 15.7. The van der Waals surface area contributed by atoms with Gasteiger partial charge < -0.3 is 18.9 Å². The van der Waals surface area contributed by atoms with E-state index >= 15 is 0 Å². The summed E-state index contributed by atoms with van der Waals surface area (Å²) in [5.74, 6) is 3.07. The van der Waals surface area contributed by atoms with Gasteiger partial charge >= 0.3 is 0 Å². The van der Waals surface area contributed by atoms with E-state index in [0.29, 0.717) is 44.9 Å². The highest BCUT2D eigenvalue weighted by atomic mass is 32.1. The third kappa shape index (κ3) is 4.23. The van der Waals surface area contributed by atoms with Crippen LogP contribution in [-0.4, -0.2) is 34.9 Å². The molecule has 1 unspecified atom stereocenters. The van der Waals surface area contributed by atoms with Crippen LogP contribution in [-0.2, 0) is 0 Å². The molecule has 170 valence electrons. The lowest BCUT2D eigenvalue weighted by atomic mass is 10.2. The third-order valence-corrected chi connectivity index (χ3v) is 6.19. The topological polar surface area (TPSA) is 84.2 Å². The summed E-state index contributed by atoms with van der Waals surface area (Å²) in [6.07, 6.45) is 3.37. The molecule has 5 rings (SSSR count). The molecule has 8 nitrogen and oxygen atoms in total. The standard InChI is InChI=1S/C24H23N3O5S/c1-3-4-11-30-17-10-9-15(12-19(17)29-2)13-21-23(28)27-24(33-21)25-22(26-27)20-14-31-16-7-5-6-8-18(16)32-20/h5-10,12-13,20H,3-4,11,14H2,1-2H3/b21-13-. The van der Waals surface area contributed by atoms with Crippen molar-refractivity contribution in [3.63, 3.8) is 0 Å². The Morgan fingerprint density at radius 3 is 2.85 bits per heavy atom. The number of ether oxygens (including phenoxy) is 4. The number of unbranched alkanes of at least 4 members (excludes halogenated alkanes) is 1. The van der Waals surface area contributed by atoms with Gasteiger partial charge in [-0.2, -0.15) is 9.50 Å². The van der Waals surface area contributed by atoms with Crippen LogP contribution in [0.4, 0.5) is 0 Å². The van der Waals surface area contributed by atoms with Crippen LogP contribution < -0.4 is 29.0 Å². The molecule has 0 saturated carbocycles. The van der Waals surface area contributed by atoms with Crippen molar-refractivity contribution in [2.75, 3.05) is 20.3 Å². The first-order chi connectivity index (χ1) is 16.2. The van der Waals surface area contributed by atoms with Gasteiger partial charge in [0, 0.05) is 0 Å². The molecule has 0 radical (unpaired) electrons. The summed E-state index contributed by atoms with van der Waals surface area (Å²) in [4.78, 5) is 18.0. The predicted molar refractivity (Wildman–Crippen MR) is 125 cm³/mol. The Hall–Kier alpha value is -3.59. The maximum absolute atomic E-state index is 12.9. The summed E-state index contributed by atoms with van der Waals surface area (Å²) in [6, 6.07) is 13.1. The summed E-state index contributed by atoms with van der Waals surface area (Å²) < 4.78 is 24.8. The number of rotatable bonds is 7. The number of aromatic nitrogens is 3. The van der Waals surface area contributed by atoms with E-state index < -0.39 is 6.10 Å². The largest absolute Gasteiger partial charge is 0.493 e. The zero-order chi connectivity index (χ0) is 22.8. The van der Waals surface area contributed by atoms with Gasteiger partial charge in [-0.15, -0.1) is 5.10 Å². The lowest BCUT2D eigenvalue weighted by molar-refractivity contribution is 0.0852. The van der Waals surface area contributed by atoms with E-state index in [2.05, 4.69) is 17.0 Å². The number of fused-ring (bicyclic) bond motifs is 2. The summed E-state index contributed by atoms with van der Waals surface area (Å²) in [6.45, 7) is 3.04. The molecule has 3 heterocycles. The molecule has 33 heavy (non-hydrogen) atoms. The van der Waals surface area contributed by atoms with Crippen LogP contribution in [0.2, 0.25) is 0 Å². The highest BCUT2D eigenvalue weighted by Gasteiger charge is 2.27. The first kappa shape index (κ1) is 21.3. The van der Waals surface area contributed by atoms with Crippen molar-refractivity contribution in [3.8, 4) is 23.0 Å². The van der Waals surface area contributed by atoms with Gasteiger partial charge in [0.2, 0.25) is 4.96 Å². The molecule has 0 fully saturated rings. The average molecular weight is 466 g/mol. The molecule has 2 aromatic heterocycles. The van der Waals surface area contributed by atoms with Crippen LogP contribution in [0.5, 0.6) is 23.0 Å². The van der Waals surface area contributed by atoms with Gasteiger partial charge in [-0.1, -0.05) is 42.9 Å². The minimum Gasteiger partial charge on any atom is -0.493 e. The van der Waals surface area contributed by atoms with Crippen LogP contribution >= 0.6 is 11.3 Å². The fraction of sp³-hybridized carbons (Fsp3) is 0.292. The number of hydrogen-bond donors (Lipinski definition) is 0. The van der Waals surface area contributed by atoms with Crippen molar-refractivity contribution in [2.45, 2.75) is 25.9 Å². The smallest absolute Gasteiger partial charge is 0.291 e. The van der Waals surface area contributed by atoms with Crippen molar-refractivity contribution in [3.05, 3.63) is 68.7 Å². The number of hydrogen-bond acceptors (Lipinski definition) is 8. The van der Waals surface area contributed by atoms with Gasteiger partial charge in [0.25, 0.3) is 5.56 Å². The monoisotopic (exact) mass is 465 g/mol. The molecule has 4 aromatic rings.